The molecule has 21 heavy (non-hydrogen) atoms. The van der Waals surface area contributed by atoms with Gasteiger partial charge in [0.15, 0.2) is 0 Å². The molecule has 0 heterocycles. The number of sulfonamides is 1. The van der Waals surface area contributed by atoms with E-state index in [2.05, 4.69) is 4.72 Å². The maximum atomic E-state index is 13.6. The number of hydrogen-bond acceptors (Lipinski definition) is 3. The number of anilines is 1. The highest BCUT2D eigenvalue weighted by atomic mass is 32.2. The van der Waals surface area contributed by atoms with E-state index >= 15 is 0 Å². The largest absolute Gasteiger partial charge is 0.495 e. The minimum Gasteiger partial charge on any atom is -0.495 e. The van der Waals surface area contributed by atoms with Crippen molar-refractivity contribution < 1.29 is 21.9 Å². The Balaban J connectivity index is 2.45. The maximum Gasteiger partial charge on any atom is 0.265 e. The summed E-state index contributed by atoms with van der Waals surface area (Å²) in [5, 5.41) is 0. The lowest BCUT2D eigenvalue weighted by Gasteiger charge is -2.12. The molecule has 0 saturated carbocycles. The van der Waals surface area contributed by atoms with Crippen LogP contribution < -0.4 is 9.46 Å². The summed E-state index contributed by atoms with van der Waals surface area (Å²) in [5.74, 6) is -1.65. The van der Waals surface area contributed by atoms with E-state index in [0.29, 0.717) is 11.6 Å². The monoisotopic (exact) mass is 313 g/mol. The van der Waals surface area contributed by atoms with Crippen LogP contribution in [0.2, 0.25) is 0 Å². The van der Waals surface area contributed by atoms with Gasteiger partial charge in [0.2, 0.25) is 0 Å². The molecular formula is C14H13F2NO3S. The summed E-state index contributed by atoms with van der Waals surface area (Å²) >= 11 is 0. The van der Waals surface area contributed by atoms with Gasteiger partial charge in [-0.3, -0.25) is 4.72 Å². The van der Waals surface area contributed by atoms with Gasteiger partial charge in [-0.25, -0.2) is 17.2 Å². The van der Waals surface area contributed by atoms with Crippen molar-refractivity contribution in [3.63, 3.8) is 0 Å². The third kappa shape index (κ3) is 3.30. The molecule has 0 aliphatic carbocycles. The van der Waals surface area contributed by atoms with E-state index in [9.17, 15) is 17.2 Å². The molecule has 0 atom stereocenters. The van der Waals surface area contributed by atoms with E-state index in [4.69, 9.17) is 4.74 Å². The Morgan fingerprint density at radius 3 is 2.43 bits per heavy atom. The Morgan fingerprint density at radius 2 is 1.81 bits per heavy atom. The van der Waals surface area contributed by atoms with Crippen molar-refractivity contribution in [2.45, 2.75) is 11.8 Å². The first-order chi connectivity index (χ1) is 9.83. The molecule has 1 N–H and O–H groups in total. The van der Waals surface area contributed by atoms with E-state index in [1.54, 1.807) is 13.0 Å². The summed E-state index contributed by atoms with van der Waals surface area (Å²) in [6.07, 6.45) is 0. The summed E-state index contributed by atoms with van der Waals surface area (Å²) in [6, 6.07) is 7.19. The molecule has 0 aliphatic rings. The molecule has 0 unspecified atom stereocenters. The van der Waals surface area contributed by atoms with Gasteiger partial charge in [-0.1, -0.05) is 6.07 Å². The number of halogens is 2. The predicted molar refractivity (Wildman–Crippen MR) is 74.9 cm³/mol. The average molecular weight is 313 g/mol. The molecule has 2 aromatic rings. The van der Waals surface area contributed by atoms with Crippen LogP contribution in [-0.2, 0) is 10.0 Å². The van der Waals surface area contributed by atoms with Crippen LogP contribution in [-0.4, -0.2) is 15.5 Å². The fourth-order valence-corrected chi connectivity index (χ4v) is 3.09. The smallest absolute Gasteiger partial charge is 0.265 e. The fraction of sp³-hybridized carbons (Fsp3) is 0.143. The summed E-state index contributed by atoms with van der Waals surface area (Å²) < 4.78 is 58.1. The first kappa shape index (κ1) is 15.2. The normalized spacial score (nSPS) is 11.2. The van der Waals surface area contributed by atoms with Gasteiger partial charge in [-0.15, -0.1) is 0 Å². The minimum atomic E-state index is -4.05. The summed E-state index contributed by atoms with van der Waals surface area (Å²) in [6.45, 7) is 1.72. The van der Waals surface area contributed by atoms with Crippen molar-refractivity contribution in [3.8, 4) is 5.75 Å². The number of aryl methyl sites for hydroxylation is 1. The molecule has 7 heteroatoms. The number of ether oxygens (including phenoxy) is 1. The van der Waals surface area contributed by atoms with Crippen LogP contribution in [0, 0.1) is 18.6 Å². The van der Waals surface area contributed by atoms with Gasteiger partial charge in [0.05, 0.1) is 12.8 Å². The van der Waals surface area contributed by atoms with E-state index in [1.165, 1.54) is 19.2 Å². The van der Waals surface area contributed by atoms with Crippen molar-refractivity contribution in [1.82, 2.24) is 0 Å². The molecule has 0 saturated heterocycles. The Labute approximate surface area is 121 Å². The Morgan fingerprint density at radius 1 is 1.10 bits per heavy atom. The van der Waals surface area contributed by atoms with Crippen molar-refractivity contribution in [2.75, 3.05) is 11.8 Å². The topological polar surface area (TPSA) is 55.4 Å². The Bertz CT molecular complexity index is 776. The molecule has 0 aromatic heterocycles. The quantitative estimate of drug-likeness (QED) is 0.944. The molecule has 112 valence electrons. The molecule has 2 aromatic carbocycles. The number of hydrogen-bond donors (Lipinski definition) is 1. The molecule has 4 nitrogen and oxygen atoms in total. The number of rotatable bonds is 4. The van der Waals surface area contributed by atoms with E-state index in [-0.39, 0.29) is 16.3 Å². The Hall–Kier alpha value is -2.15. The highest BCUT2D eigenvalue weighted by molar-refractivity contribution is 7.92. The van der Waals surface area contributed by atoms with Gasteiger partial charge in [0.25, 0.3) is 10.0 Å². The second-order valence-corrected chi connectivity index (χ2v) is 6.03. The van der Waals surface area contributed by atoms with Crippen LogP contribution >= 0.6 is 0 Å². The third-order valence-electron chi connectivity index (χ3n) is 2.78. The molecule has 0 bridgehead atoms. The molecule has 0 aliphatic heterocycles. The van der Waals surface area contributed by atoms with Gasteiger partial charge >= 0.3 is 0 Å². The third-order valence-corrected chi connectivity index (χ3v) is 4.17. The zero-order chi connectivity index (χ0) is 15.6. The lowest BCUT2D eigenvalue weighted by atomic mass is 10.2. The molecule has 0 amide bonds. The SMILES string of the molecule is COc1ccc(C)cc1S(=O)(=O)Nc1ccc(F)cc1F. The van der Waals surface area contributed by atoms with E-state index < -0.39 is 21.7 Å². The Kier molecular flexibility index (Phi) is 4.13. The van der Waals surface area contributed by atoms with Gasteiger partial charge in [-0.2, -0.15) is 0 Å². The second-order valence-electron chi connectivity index (χ2n) is 4.38. The molecule has 0 spiro atoms. The van der Waals surface area contributed by atoms with Crippen molar-refractivity contribution in [2.24, 2.45) is 0 Å². The van der Waals surface area contributed by atoms with Gasteiger partial charge in [0.1, 0.15) is 22.3 Å². The van der Waals surface area contributed by atoms with Crippen LogP contribution in [0.1, 0.15) is 5.56 Å². The van der Waals surface area contributed by atoms with Crippen molar-refractivity contribution in [1.29, 1.82) is 0 Å². The lowest BCUT2D eigenvalue weighted by Crippen LogP contribution is -2.15. The summed E-state index contributed by atoms with van der Waals surface area (Å²) in [5.41, 5.74) is 0.371. The van der Waals surface area contributed by atoms with Crippen LogP contribution in [0.5, 0.6) is 5.75 Å². The highest BCUT2D eigenvalue weighted by Gasteiger charge is 2.21. The molecule has 0 radical (unpaired) electrons. The van der Waals surface area contributed by atoms with Crippen molar-refractivity contribution >= 4 is 15.7 Å². The molecule has 2 rings (SSSR count). The first-order valence-electron chi connectivity index (χ1n) is 5.96. The van der Waals surface area contributed by atoms with Crippen LogP contribution in [0.15, 0.2) is 41.3 Å². The summed E-state index contributed by atoms with van der Waals surface area (Å²) in [4.78, 5) is -0.117. The highest BCUT2D eigenvalue weighted by Crippen LogP contribution is 2.27. The zero-order valence-electron chi connectivity index (χ0n) is 11.4. The second kappa shape index (κ2) is 5.69. The van der Waals surface area contributed by atoms with Gasteiger partial charge in [0, 0.05) is 6.07 Å². The first-order valence-corrected chi connectivity index (χ1v) is 7.44. The van der Waals surface area contributed by atoms with Gasteiger partial charge < -0.3 is 4.74 Å². The molecule has 0 fully saturated rings. The number of benzene rings is 2. The minimum absolute atomic E-state index is 0.117. The van der Waals surface area contributed by atoms with Crippen LogP contribution in [0.25, 0.3) is 0 Å². The van der Waals surface area contributed by atoms with E-state index in [0.717, 1.165) is 12.1 Å². The summed E-state index contributed by atoms with van der Waals surface area (Å²) in [7, 11) is -2.72. The van der Waals surface area contributed by atoms with Crippen LogP contribution in [0.3, 0.4) is 0 Å². The zero-order valence-corrected chi connectivity index (χ0v) is 12.2. The average Bonchev–Trinajstić information content (AvgIpc) is 2.42. The molecular weight excluding hydrogens is 300 g/mol. The van der Waals surface area contributed by atoms with E-state index in [1.807, 2.05) is 0 Å². The predicted octanol–water partition coefficient (Wildman–Crippen LogP) is 3.08. The number of nitrogens with one attached hydrogen (secondary N) is 1. The maximum absolute atomic E-state index is 13.6. The van der Waals surface area contributed by atoms with Crippen LogP contribution in [0.4, 0.5) is 14.5 Å². The standard InChI is InChI=1S/C14H13F2NO3S/c1-9-3-6-13(20-2)14(7-9)21(18,19)17-12-5-4-10(15)8-11(12)16/h3-8,17H,1-2H3. The fourth-order valence-electron chi connectivity index (χ4n) is 1.77. The van der Waals surface area contributed by atoms with Gasteiger partial charge in [-0.05, 0) is 36.8 Å². The number of methoxy groups -OCH3 is 1. The van der Waals surface area contributed by atoms with Crippen molar-refractivity contribution in [3.05, 3.63) is 53.6 Å². The lowest BCUT2D eigenvalue weighted by molar-refractivity contribution is 0.402.